The number of nitrogens with one attached hydrogen (secondary N) is 1. The first-order valence-electron chi connectivity index (χ1n) is 7.00. The van der Waals surface area contributed by atoms with Gasteiger partial charge in [0.25, 0.3) is 0 Å². The fourth-order valence-electron chi connectivity index (χ4n) is 1.90. The highest BCUT2D eigenvalue weighted by molar-refractivity contribution is 5.43. The first-order valence-corrected chi connectivity index (χ1v) is 7.00. The molecule has 2 rings (SSSR count). The number of nitrogens with zero attached hydrogens (tertiary/aromatic N) is 2. The molecule has 0 spiro atoms. The van der Waals surface area contributed by atoms with Crippen LogP contribution in [0, 0.1) is 13.8 Å². The van der Waals surface area contributed by atoms with E-state index in [-0.39, 0.29) is 0 Å². The van der Waals surface area contributed by atoms with E-state index in [1.807, 2.05) is 32.0 Å². The van der Waals surface area contributed by atoms with E-state index in [1.165, 1.54) is 5.56 Å². The molecular formula is C16H21N3O. The third-order valence-electron chi connectivity index (χ3n) is 3.19. The molecule has 0 atom stereocenters. The molecule has 0 aliphatic heterocycles. The Hall–Kier alpha value is -2.10. The molecule has 1 aromatic heterocycles. The molecule has 0 bridgehead atoms. The number of aryl methyl sites for hydroxylation is 2. The highest BCUT2D eigenvalue weighted by Gasteiger charge is 2.08. The van der Waals surface area contributed by atoms with Gasteiger partial charge in [-0.15, -0.1) is 0 Å². The van der Waals surface area contributed by atoms with Gasteiger partial charge in [-0.2, -0.15) is 4.98 Å². The second-order valence-electron chi connectivity index (χ2n) is 4.69. The molecule has 0 fully saturated rings. The Bertz CT molecular complexity index is 596. The molecule has 0 unspecified atom stereocenters. The van der Waals surface area contributed by atoms with Crippen molar-refractivity contribution < 1.29 is 4.74 Å². The molecule has 0 saturated carbocycles. The molecule has 0 amide bonds. The second-order valence-corrected chi connectivity index (χ2v) is 4.69. The van der Waals surface area contributed by atoms with E-state index in [4.69, 9.17) is 4.74 Å². The largest absolute Gasteiger partial charge is 0.439 e. The van der Waals surface area contributed by atoms with Gasteiger partial charge in [0.05, 0.1) is 0 Å². The Morgan fingerprint density at radius 3 is 2.65 bits per heavy atom. The van der Waals surface area contributed by atoms with Crippen molar-refractivity contribution in [1.29, 1.82) is 0 Å². The van der Waals surface area contributed by atoms with Gasteiger partial charge in [0.2, 0.25) is 5.88 Å². The lowest BCUT2D eigenvalue weighted by atomic mass is 10.1. The van der Waals surface area contributed by atoms with E-state index in [0.717, 1.165) is 35.9 Å². The van der Waals surface area contributed by atoms with Gasteiger partial charge in [-0.1, -0.05) is 19.1 Å². The van der Waals surface area contributed by atoms with Crippen molar-refractivity contribution >= 4 is 5.82 Å². The smallest absolute Gasteiger partial charge is 0.224 e. The molecule has 4 heteroatoms. The molecule has 1 aromatic carbocycles. The van der Waals surface area contributed by atoms with Crippen molar-refractivity contribution in [3.8, 4) is 11.6 Å². The zero-order valence-electron chi connectivity index (χ0n) is 12.5. The number of aromatic nitrogens is 2. The highest BCUT2D eigenvalue weighted by Crippen LogP contribution is 2.26. The van der Waals surface area contributed by atoms with Crippen LogP contribution in [0.5, 0.6) is 11.6 Å². The van der Waals surface area contributed by atoms with Crippen molar-refractivity contribution in [2.24, 2.45) is 0 Å². The Morgan fingerprint density at radius 1 is 1.15 bits per heavy atom. The molecule has 20 heavy (non-hydrogen) atoms. The van der Waals surface area contributed by atoms with E-state index in [2.05, 4.69) is 35.2 Å². The predicted molar refractivity (Wildman–Crippen MR) is 81.6 cm³/mol. The second kappa shape index (κ2) is 6.37. The van der Waals surface area contributed by atoms with Gasteiger partial charge >= 0.3 is 0 Å². The zero-order valence-corrected chi connectivity index (χ0v) is 12.5. The molecular weight excluding hydrogens is 250 g/mol. The number of benzene rings is 1. The van der Waals surface area contributed by atoms with E-state index in [1.54, 1.807) is 0 Å². The summed E-state index contributed by atoms with van der Waals surface area (Å²) in [6, 6.07) is 7.86. The van der Waals surface area contributed by atoms with Crippen LogP contribution in [0.25, 0.3) is 0 Å². The maximum Gasteiger partial charge on any atom is 0.224 e. The van der Waals surface area contributed by atoms with E-state index >= 15 is 0 Å². The number of anilines is 1. The summed E-state index contributed by atoms with van der Waals surface area (Å²) in [5.74, 6) is 3.01. The average Bonchev–Trinajstić information content (AvgIpc) is 2.44. The molecule has 2 aromatic rings. The number of hydrogen-bond donors (Lipinski definition) is 1. The lowest BCUT2D eigenvalue weighted by molar-refractivity contribution is 0.455. The molecule has 0 aliphatic rings. The van der Waals surface area contributed by atoms with Crippen LogP contribution >= 0.6 is 0 Å². The standard InChI is InChI=1S/C16H21N3O/c1-5-14-18-15(17-6-2)10-16(19-14)20-13-9-7-8-11(3)12(13)4/h7-10H,5-6H2,1-4H3,(H,17,18,19). The monoisotopic (exact) mass is 271 g/mol. The lowest BCUT2D eigenvalue weighted by Gasteiger charge is -2.12. The maximum absolute atomic E-state index is 5.93. The van der Waals surface area contributed by atoms with Crippen LogP contribution in [0.1, 0.15) is 30.8 Å². The summed E-state index contributed by atoms with van der Waals surface area (Å²) in [4.78, 5) is 8.85. The molecule has 0 saturated heterocycles. The summed E-state index contributed by atoms with van der Waals surface area (Å²) in [7, 11) is 0. The Morgan fingerprint density at radius 2 is 1.95 bits per heavy atom. The Kier molecular flexibility index (Phi) is 4.56. The molecule has 1 heterocycles. The van der Waals surface area contributed by atoms with Crippen molar-refractivity contribution in [2.75, 3.05) is 11.9 Å². The van der Waals surface area contributed by atoms with Gasteiger partial charge in [-0.25, -0.2) is 4.98 Å². The van der Waals surface area contributed by atoms with Crippen molar-refractivity contribution in [2.45, 2.75) is 34.1 Å². The van der Waals surface area contributed by atoms with E-state index < -0.39 is 0 Å². The van der Waals surface area contributed by atoms with Gasteiger partial charge in [-0.3, -0.25) is 0 Å². The van der Waals surface area contributed by atoms with E-state index in [9.17, 15) is 0 Å². The summed E-state index contributed by atoms with van der Waals surface area (Å²) in [5.41, 5.74) is 2.34. The van der Waals surface area contributed by atoms with Crippen LogP contribution in [0.3, 0.4) is 0 Å². The van der Waals surface area contributed by atoms with Gasteiger partial charge < -0.3 is 10.1 Å². The minimum Gasteiger partial charge on any atom is -0.439 e. The summed E-state index contributed by atoms with van der Waals surface area (Å²) in [6.45, 7) is 9.02. The quantitative estimate of drug-likeness (QED) is 0.896. The first-order chi connectivity index (χ1) is 9.63. The van der Waals surface area contributed by atoms with Crippen LogP contribution in [0.2, 0.25) is 0 Å². The minimum absolute atomic E-state index is 0.585. The van der Waals surface area contributed by atoms with Crippen LogP contribution in [-0.2, 0) is 6.42 Å². The Balaban J connectivity index is 2.32. The van der Waals surface area contributed by atoms with Crippen molar-refractivity contribution in [3.05, 3.63) is 41.2 Å². The summed E-state index contributed by atoms with van der Waals surface area (Å²) in [6.07, 6.45) is 0.780. The van der Waals surface area contributed by atoms with Gasteiger partial charge in [-0.05, 0) is 38.0 Å². The molecule has 1 N–H and O–H groups in total. The van der Waals surface area contributed by atoms with Crippen molar-refractivity contribution in [1.82, 2.24) is 9.97 Å². The lowest BCUT2D eigenvalue weighted by Crippen LogP contribution is -2.04. The molecule has 106 valence electrons. The molecule has 0 aliphatic carbocycles. The summed E-state index contributed by atoms with van der Waals surface area (Å²) < 4.78 is 5.93. The third-order valence-corrected chi connectivity index (χ3v) is 3.19. The number of rotatable bonds is 5. The van der Waals surface area contributed by atoms with Crippen molar-refractivity contribution in [3.63, 3.8) is 0 Å². The minimum atomic E-state index is 0.585. The number of ether oxygens (including phenoxy) is 1. The molecule has 0 radical (unpaired) electrons. The van der Waals surface area contributed by atoms with Gasteiger partial charge in [0.1, 0.15) is 17.4 Å². The van der Waals surface area contributed by atoms with E-state index in [0.29, 0.717) is 5.88 Å². The highest BCUT2D eigenvalue weighted by atomic mass is 16.5. The van der Waals surface area contributed by atoms with Gasteiger partial charge in [0.15, 0.2) is 0 Å². The maximum atomic E-state index is 5.93. The van der Waals surface area contributed by atoms with Gasteiger partial charge in [0, 0.05) is 19.0 Å². The number of hydrogen-bond acceptors (Lipinski definition) is 4. The fourth-order valence-corrected chi connectivity index (χ4v) is 1.90. The van der Waals surface area contributed by atoms with Crippen LogP contribution < -0.4 is 10.1 Å². The predicted octanol–water partition coefficient (Wildman–Crippen LogP) is 3.88. The van der Waals surface area contributed by atoms with Crippen LogP contribution in [0.4, 0.5) is 5.82 Å². The average molecular weight is 271 g/mol. The fraction of sp³-hybridized carbons (Fsp3) is 0.375. The topological polar surface area (TPSA) is 47.0 Å². The summed E-state index contributed by atoms with van der Waals surface area (Å²) >= 11 is 0. The first kappa shape index (κ1) is 14.3. The van der Waals surface area contributed by atoms with Crippen LogP contribution in [0.15, 0.2) is 24.3 Å². The normalized spacial score (nSPS) is 10.4. The zero-order chi connectivity index (χ0) is 14.5. The summed E-state index contributed by atoms with van der Waals surface area (Å²) in [5, 5.41) is 3.20. The molecule has 4 nitrogen and oxygen atoms in total. The third kappa shape index (κ3) is 3.26. The SMILES string of the molecule is CCNc1cc(Oc2cccc(C)c2C)nc(CC)n1. The Labute approximate surface area is 120 Å². The van der Waals surface area contributed by atoms with Crippen LogP contribution in [-0.4, -0.2) is 16.5 Å².